The van der Waals surface area contributed by atoms with Crippen molar-refractivity contribution in [3.63, 3.8) is 0 Å². The van der Waals surface area contributed by atoms with Gasteiger partial charge in [-0.25, -0.2) is 0 Å². The zero-order chi connectivity index (χ0) is 11.7. The molecule has 0 saturated carbocycles. The van der Waals surface area contributed by atoms with E-state index >= 15 is 0 Å². The van der Waals surface area contributed by atoms with Crippen LogP contribution in [0, 0.1) is 0 Å². The van der Waals surface area contributed by atoms with E-state index in [1.807, 2.05) is 18.7 Å². The number of aliphatic hydroxyl groups excluding tert-OH is 1. The molecule has 0 amide bonds. The van der Waals surface area contributed by atoms with Crippen LogP contribution in [-0.2, 0) is 9.53 Å². The largest absolute Gasteiger partial charge is 0.462 e. The highest BCUT2D eigenvalue weighted by atomic mass is 16.5. The molecule has 0 aromatic heterocycles. The van der Waals surface area contributed by atoms with Gasteiger partial charge in [0.25, 0.3) is 0 Å². The molecular weight excluding hydrogens is 194 g/mol. The number of aliphatic hydroxyl groups is 1. The van der Waals surface area contributed by atoms with Gasteiger partial charge in [0.05, 0.1) is 19.3 Å². The van der Waals surface area contributed by atoms with E-state index in [4.69, 9.17) is 9.84 Å². The number of unbranched alkanes of at least 4 members (excludes halogenated alkanes) is 1. The minimum atomic E-state index is -0.213. The maximum Gasteiger partial charge on any atom is 0.320 e. The monoisotopic (exact) mass is 217 g/mol. The second-order valence-corrected chi connectivity index (χ2v) is 3.89. The standard InChI is InChI=1S/C11H23NO3/c1-4-5-6-12(7-8-13)9-11(14)15-10(2)3/h10,13H,4-9H2,1-3H3. The van der Waals surface area contributed by atoms with Crippen molar-refractivity contribution in [2.75, 3.05) is 26.2 Å². The molecule has 0 fully saturated rings. The molecule has 0 aliphatic carbocycles. The Morgan fingerprint density at radius 1 is 1.40 bits per heavy atom. The molecule has 0 bridgehead atoms. The van der Waals surface area contributed by atoms with Gasteiger partial charge in [0.2, 0.25) is 0 Å². The average Bonchev–Trinajstić information content (AvgIpc) is 2.13. The summed E-state index contributed by atoms with van der Waals surface area (Å²) in [5.74, 6) is -0.213. The van der Waals surface area contributed by atoms with Crippen LogP contribution in [0.3, 0.4) is 0 Å². The van der Waals surface area contributed by atoms with Gasteiger partial charge >= 0.3 is 5.97 Å². The molecule has 4 nitrogen and oxygen atoms in total. The fourth-order valence-electron chi connectivity index (χ4n) is 1.28. The predicted molar refractivity (Wildman–Crippen MR) is 59.7 cm³/mol. The van der Waals surface area contributed by atoms with E-state index < -0.39 is 0 Å². The lowest BCUT2D eigenvalue weighted by molar-refractivity contribution is -0.148. The number of rotatable bonds is 8. The number of carbonyl (C=O) groups is 1. The Balaban J connectivity index is 3.86. The van der Waals surface area contributed by atoms with Crippen molar-refractivity contribution in [3.8, 4) is 0 Å². The minimum Gasteiger partial charge on any atom is -0.462 e. The molecule has 0 heterocycles. The Morgan fingerprint density at radius 2 is 2.07 bits per heavy atom. The smallest absolute Gasteiger partial charge is 0.320 e. The maximum atomic E-state index is 11.4. The van der Waals surface area contributed by atoms with Crippen LogP contribution in [-0.4, -0.2) is 48.3 Å². The van der Waals surface area contributed by atoms with E-state index in [0.717, 1.165) is 19.4 Å². The highest BCUT2D eigenvalue weighted by Gasteiger charge is 2.11. The first-order valence-electron chi connectivity index (χ1n) is 5.62. The lowest BCUT2D eigenvalue weighted by Crippen LogP contribution is -2.34. The van der Waals surface area contributed by atoms with Crippen molar-refractivity contribution < 1.29 is 14.6 Å². The average molecular weight is 217 g/mol. The van der Waals surface area contributed by atoms with Crippen LogP contribution in [0.15, 0.2) is 0 Å². The highest BCUT2D eigenvalue weighted by Crippen LogP contribution is 1.97. The quantitative estimate of drug-likeness (QED) is 0.617. The molecule has 0 aliphatic heterocycles. The predicted octanol–water partition coefficient (Wildman–Crippen LogP) is 1.03. The summed E-state index contributed by atoms with van der Waals surface area (Å²) in [5.41, 5.74) is 0. The van der Waals surface area contributed by atoms with Crippen molar-refractivity contribution in [1.82, 2.24) is 4.90 Å². The van der Waals surface area contributed by atoms with Crippen LogP contribution < -0.4 is 0 Å². The first-order valence-corrected chi connectivity index (χ1v) is 5.62. The fraction of sp³-hybridized carbons (Fsp3) is 0.909. The number of esters is 1. The minimum absolute atomic E-state index is 0.0698. The van der Waals surface area contributed by atoms with E-state index in [-0.39, 0.29) is 25.2 Å². The molecule has 4 heteroatoms. The first-order chi connectivity index (χ1) is 7.10. The third-order valence-electron chi connectivity index (χ3n) is 1.96. The summed E-state index contributed by atoms with van der Waals surface area (Å²) in [5, 5.41) is 8.84. The summed E-state index contributed by atoms with van der Waals surface area (Å²) in [6.07, 6.45) is 2.05. The Kier molecular flexibility index (Phi) is 8.33. The van der Waals surface area contributed by atoms with Crippen LogP contribution in [0.1, 0.15) is 33.6 Å². The van der Waals surface area contributed by atoms with Crippen molar-refractivity contribution in [2.24, 2.45) is 0 Å². The van der Waals surface area contributed by atoms with Gasteiger partial charge in [-0.3, -0.25) is 9.69 Å². The Hall–Kier alpha value is -0.610. The van der Waals surface area contributed by atoms with Crippen molar-refractivity contribution >= 4 is 5.97 Å². The van der Waals surface area contributed by atoms with Gasteiger partial charge in [0, 0.05) is 6.54 Å². The zero-order valence-electron chi connectivity index (χ0n) is 10.0. The molecule has 0 aromatic carbocycles. The summed E-state index contributed by atoms with van der Waals surface area (Å²) in [6.45, 7) is 7.50. The van der Waals surface area contributed by atoms with Gasteiger partial charge in [-0.2, -0.15) is 0 Å². The molecule has 0 atom stereocenters. The van der Waals surface area contributed by atoms with Crippen molar-refractivity contribution in [1.29, 1.82) is 0 Å². The van der Waals surface area contributed by atoms with Gasteiger partial charge in [-0.1, -0.05) is 13.3 Å². The van der Waals surface area contributed by atoms with E-state index in [1.165, 1.54) is 0 Å². The number of carbonyl (C=O) groups excluding carboxylic acids is 1. The van der Waals surface area contributed by atoms with E-state index in [1.54, 1.807) is 0 Å². The second kappa shape index (κ2) is 8.68. The summed E-state index contributed by atoms with van der Waals surface area (Å²) in [4.78, 5) is 13.3. The Morgan fingerprint density at radius 3 is 2.53 bits per heavy atom. The van der Waals surface area contributed by atoms with Crippen molar-refractivity contribution in [2.45, 2.75) is 39.7 Å². The maximum absolute atomic E-state index is 11.4. The lowest BCUT2D eigenvalue weighted by atomic mass is 10.3. The SMILES string of the molecule is CCCCN(CCO)CC(=O)OC(C)C. The number of hydrogen-bond donors (Lipinski definition) is 1. The molecule has 0 aromatic rings. The molecule has 0 unspecified atom stereocenters. The van der Waals surface area contributed by atoms with Gasteiger partial charge in [0.15, 0.2) is 0 Å². The van der Waals surface area contributed by atoms with Crippen LogP contribution in [0.4, 0.5) is 0 Å². The van der Waals surface area contributed by atoms with Gasteiger partial charge < -0.3 is 9.84 Å². The van der Waals surface area contributed by atoms with Gasteiger partial charge in [0.1, 0.15) is 0 Å². The fourth-order valence-corrected chi connectivity index (χ4v) is 1.28. The third-order valence-corrected chi connectivity index (χ3v) is 1.96. The topological polar surface area (TPSA) is 49.8 Å². The third kappa shape index (κ3) is 8.39. The number of hydrogen-bond acceptors (Lipinski definition) is 4. The molecule has 15 heavy (non-hydrogen) atoms. The summed E-state index contributed by atoms with van der Waals surface area (Å²) < 4.78 is 5.04. The molecule has 0 saturated heterocycles. The molecule has 1 N–H and O–H groups in total. The van der Waals surface area contributed by atoms with Gasteiger partial charge in [-0.05, 0) is 26.8 Å². The normalized spacial score (nSPS) is 11.1. The molecule has 0 radical (unpaired) electrons. The number of ether oxygens (including phenoxy) is 1. The number of nitrogens with zero attached hydrogens (tertiary/aromatic N) is 1. The summed E-state index contributed by atoms with van der Waals surface area (Å²) in [7, 11) is 0. The lowest BCUT2D eigenvalue weighted by Gasteiger charge is -2.20. The van der Waals surface area contributed by atoms with E-state index in [9.17, 15) is 4.79 Å². The van der Waals surface area contributed by atoms with Gasteiger partial charge in [-0.15, -0.1) is 0 Å². The Bertz CT molecular complexity index is 171. The van der Waals surface area contributed by atoms with Crippen LogP contribution in [0.2, 0.25) is 0 Å². The van der Waals surface area contributed by atoms with Crippen LogP contribution in [0.25, 0.3) is 0 Å². The summed E-state index contributed by atoms with van der Waals surface area (Å²) in [6, 6.07) is 0. The molecule has 0 aliphatic rings. The summed E-state index contributed by atoms with van der Waals surface area (Å²) >= 11 is 0. The zero-order valence-corrected chi connectivity index (χ0v) is 10.0. The molecule has 90 valence electrons. The van der Waals surface area contributed by atoms with Crippen LogP contribution >= 0.6 is 0 Å². The molecule has 0 spiro atoms. The van der Waals surface area contributed by atoms with E-state index in [0.29, 0.717) is 6.54 Å². The molecular formula is C11H23NO3. The highest BCUT2D eigenvalue weighted by molar-refractivity contribution is 5.71. The first kappa shape index (κ1) is 14.4. The molecule has 0 rings (SSSR count). The Labute approximate surface area is 92.2 Å². The van der Waals surface area contributed by atoms with Crippen molar-refractivity contribution in [3.05, 3.63) is 0 Å². The van der Waals surface area contributed by atoms with Crippen LogP contribution in [0.5, 0.6) is 0 Å². The van der Waals surface area contributed by atoms with E-state index in [2.05, 4.69) is 6.92 Å². The second-order valence-electron chi connectivity index (χ2n) is 3.89.